The minimum Gasteiger partial charge on any atom is -0.492 e. The highest BCUT2D eigenvalue weighted by Gasteiger charge is 2.14. The van der Waals surface area contributed by atoms with Crippen LogP contribution in [0.3, 0.4) is 0 Å². The molecule has 0 unspecified atom stereocenters. The second kappa shape index (κ2) is 8.82. The Labute approximate surface area is 147 Å². The Balaban J connectivity index is 1.82. The van der Waals surface area contributed by atoms with Gasteiger partial charge in [0.05, 0.1) is 11.5 Å². The molecule has 0 saturated carbocycles. The Morgan fingerprint density at radius 3 is 2.56 bits per heavy atom. The van der Waals surface area contributed by atoms with Crippen LogP contribution in [-0.4, -0.2) is 24.0 Å². The molecular formula is C19H22N2O4. The molecule has 0 aliphatic rings. The van der Waals surface area contributed by atoms with Gasteiger partial charge in [0.2, 0.25) is 0 Å². The molecule has 2 rings (SSSR count). The minimum absolute atomic E-state index is 0.0592. The lowest BCUT2D eigenvalue weighted by molar-refractivity contribution is -0.385. The topological polar surface area (TPSA) is 81.5 Å². The summed E-state index contributed by atoms with van der Waals surface area (Å²) in [5.41, 5.74) is 2.00. The van der Waals surface area contributed by atoms with E-state index in [9.17, 15) is 14.9 Å². The van der Waals surface area contributed by atoms with Gasteiger partial charge >= 0.3 is 0 Å². The third-order valence-corrected chi connectivity index (χ3v) is 3.79. The first-order chi connectivity index (χ1) is 12.0. The number of hydrogen-bond donors (Lipinski definition) is 1. The van der Waals surface area contributed by atoms with Gasteiger partial charge in [0, 0.05) is 17.2 Å². The molecule has 0 bridgehead atoms. The molecule has 0 aromatic heterocycles. The molecular weight excluding hydrogens is 320 g/mol. The van der Waals surface area contributed by atoms with Crippen LogP contribution in [0.15, 0.2) is 42.5 Å². The summed E-state index contributed by atoms with van der Waals surface area (Å²) in [6, 6.07) is 12.3. The number of nitro groups is 1. The molecule has 1 N–H and O–H groups in total. The van der Waals surface area contributed by atoms with Crippen molar-refractivity contribution in [1.29, 1.82) is 0 Å². The summed E-state index contributed by atoms with van der Waals surface area (Å²) >= 11 is 0. The number of rotatable bonds is 8. The molecule has 25 heavy (non-hydrogen) atoms. The van der Waals surface area contributed by atoms with Crippen LogP contribution in [0.2, 0.25) is 0 Å². The van der Waals surface area contributed by atoms with Crippen LogP contribution < -0.4 is 10.1 Å². The van der Waals surface area contributed by atoms with Crippen molar-refractivity contribution in [3.63, 3.8) is 0 Å². The van der Waals surface area contributed by atoms with Crippen molar-refractivity contribution >= 4 is 11.6 Å². The van der Waals surface area contributed by atoms with Crippen molar-refractivity contribution in [3.8, 4) is 5.75 Å². The molecule has 0 aliphatic heterocycles. The molecule has 6 heteroatoms. The normalized spacial score (nSPS) is 10.3. The van der Waals surface area contributed by atoms with Gasteiger partial charge in [0.25, 0.3) is 11.6 Å². The molecule has 2 aromatic rings. The van der Waals surface area contributed by atoms with Crippen molar-refractivity contribution in [2.75, 3.05) is 13.2 Å². The average molecular weight is 342 g/mol. The largest absolute Gasteiger partial charge is 0.492 e. The lowest BCUT2D eigenvalue weighted by atomic mass is 10.1. The van der Waals surface area contributed by atoms with E-state index < -0.39 is 4.92 Å². The molecule has 0 spiro atoms. The van der Waals surface area contributed by atoms with Crippen LogP contribution in [0.4, 0.5) is 5.69 Å². The Morgan fingerprint density at radius 2 is 1.92 bits per heavy atom. The molecule has 0 atom stereocenters. The molecule has 2 aromatic carbocycles. The first-order valence-electron chi connectivity index (χ1n) is 8.26. The molecule has 0 saturated heterocycles. The van der Waals surface area contributed by atoms with E-state index in [0.29, 0.717) is 18.7 Å². The van der Waals surface area contributed by atoms with Crippen molar-refractivity contribution in [3.05, 3.63) is 69.3 Å². The number of benzene rings is 2. The number of carbonyl (C=O) groups is 1. The zero-order valence-corrected chi connectivity index (χ0v) is 14.5. The summed E-state index contributed by atoms with van der Waals surface area (Å²) < 4.78 is 5.58. The fraction of sp³-hybridized carbons (Fsp3) is 0.316. The second-order valence-electron chi connectivity index (χ2n) is 5.76. The van der Waals surface area contributed by atoms with Crippen LogP contribution in [0.25, 0.3) is 0 Å². The molecule has 0 heterocycles. The Bertz CT molecular complexity index is 742. The maximum Gasteiger partial charge on any atom is 0.273 e. The first-order valence-corrected chi connectivity index (χ1v) is 8.26. The maximum absolute atomic E-state index is 12.1. The zero-order chi connectivity index (χ0) is 18.2. The highest BCUT2D eigenvalue weighted by Crippen LogP contribution is 2.19. The van der Waals surface area contributed by atoms with Crippen LogP contribution in [0.5, 0.6) is 5.75 Å². The van der Waals surface area contributed by atoms with E-state index in [-0.39, 0.29) is 17.2 Å². The predicted octanol–water partition coefficient (Wildman–Crippen LogP) is 3.66. The maximum atomic E-state index is 12.1. The van der Waals surface area contributed by atoms with Crippen LogP contribution >= 0.6 is 0 Å². The Kier molecular flexibility index (Phi) is 6.51. The summed E-state index contributed by atoms with van der Waals surface area (Å²) in [5, 5.41) is 13.6. The lowest BCUT2D eigenvalue weighted by Crippen LogP contribution is -2.28. The third-order valence-electron chi connectivity index (χ3n) is 3.79. The van der Waals surface area contributed by atoms with Crippen LogP contribution in [-0.2, 0) is 6.42 Å². The van der Waals surface area contributed by atoms with E-state index in [1.165, 1.54) is 11.6 Å². The minimum atomic E-state index is -0.489. The lowest BCUT2D eigenvalue weighted by Gasteiger charge is -2.09. The number of hydrogen-bond acceptors (Lipinski definition) is 4. The van der Waals surface area contributed by atoms with Crippen molar-refractivity contribution in [1.82, 2.24) is 5.32 Å². The Morgan fingerprint density at radius 1 is 1.20 bits per heavy atom. The molecule has 1 amide bonds. The number of amides is 1. The van der Waals surface area contributed by atoms with E-state index >= 15 is 0 Å². The van der Waals surface area contributed by atoms with Gasteiger partial charge in [-0.1, -0.05) is 31.5 Å². The second-order valence-corrected chi connectivity index (χ2v) is 5.76. The molecule has 132 valence electrons. The van der Waals surface area contributed by atoms with E-state index in [1.807, 2.05) is 24.3 Å². The summed E-state index contributed by atoms with van der Waals surface area (Å²) in [5.74, 6) is 0.394. The fourth-order valence-electron chi connectivity index (χ4n) is 2.42. The van der Waals surface area contributed by atoms with Gasteiger partial charge in [-0.15, -0.1) is 0 Å². The third kappa shape index (κ3) is 5.31. The van der Waals surface area contributed by atoms with Gasteiger partial charge in [-0.3, -0.25) is 14.9 Å². The van der Waals surface area contributed by atoms with Crippen molar-refractivity contribution < 1.29 is 14.5 Å². The van der Waals surface area contributed by atoms with Gasteiger partial charge in [-0.2, -0.15) is 0 Å². The fourth-order valence-corrected chi connectivity index (χ4v) is 2.42. The van der Waals surface area contributed by atoms with E-state index in [1.54, 1.807) is 19.1 Å². The SMILES string of the molecule is CCCc1ccc(OCCNC(=O)c2ccc(C)c([N+](=O)[O-])c2)cc1. The van der Waals surface area contributed by atoms with Gasteiger partial charge < -0.3 is 10.1 Å². The van der Waals surface area contributed by atoms with Gasteiger partial charge in [0.15, 0.2) is 0 Å². The number of carbonyl (C=O) groups excluding carboxylic acids is 1. The van der Waals surface area contributed by atoms with E-state index in [0.717, 1.165) is 18.6 Å². The standard InChI is InChI=1S/C19H22N2O4/c1-3-4-15-6-9-17(10-7-15)25-12-11-20-19(22)16-8-5-14(2)18(13-16)21(23)24/h5-10,13H,3-4,11-12H2,1-2H3,(H,20,22). The summed E-state index contributed by atoms with van der Waals surface area (Å²) in [7, 11) is 0. The van der Waals surface area contributed by atoms with Gasteiger partial charge in [-0.25, -0.2) is 0 Å². The van der Waals surface area contributed by atoms with Crippen LogP contribution in [0.1, 0.15) is 34.8 Å². The average Bonchev–Trinajstić information content (AvgIpc) is 2.60. The molecule has 0 radical (unpaired) electrons. The van der Waals surface area contributed by atoms with Gasteiger partial charge in [0.1, 0.15) is 12.4 Å². The monoisotopic (exact) mass is 342 g/mol. The van der Waals surface area contributed by atoms with E-state index in [4.69, 9.17) is 4.74 Å². The number of ether oxygens (including phenoxy) is 1. The summed E-state index contributed by atoms with van der Waals surface area (Å²) in [6.45, 7) is 4.42. The van der Waals surface area contributed by atoms with Crippen molar-refractivity contribution in [2.24, 2.45) is 0 Å². The summed E-state index contributed by atoms with van der Waals surface area (Å²) in [6.07, 6.45) is 2.14. The van der Waals surface area contributed by atoms with Crippen LogP contribution in [0, 0.1) is 17.0 Å². The Hall–Kier alpha value is -2.89. The number of nitrogens with one attached hydrogen (secondary N) is 1. The molecule has 6 nitrogen and oxygen atoms in total. The molecule has 0 fully saturated rings. The highest BCUT2D eigenvalue weighted by atomic mass is 16.6. The first kappa shape index (κ1) is 18.4. The molecule has 0 aliphatic carbocycles. The number of nitrogens with zero attached hydrogens (tertiary/aromatic N) is 1. The van der Waals surface area contributed by atoms with Gasteiger partial charge in [-0.05, 0) is 37.1 Å². The van der Waals surface area contributed by atoms with Crippen molar-refractivity contribution in [2.45, 2.75) is 26.7 Å². The highest BCUT2D eigenvalue weighted by molar-refractivity contribution is 5.94. The number of nitro benzene ring substituents is 1. The van der Waals surface area contributed by atoms with E-state index in [2.05, 4.69) is 12.2 Å². The number of aryl methyl sites for hydroxylation is 2. The quantitative estimate of drug-likeness (QED) is 0.451. The summed E-state index contributed by atoms with van der Waals surface area (Å²) in [4.78, 5) is 22.5. The zero-order valence-electron chi connectivity index (χ0n) is 14.5. The smallest absolute Gasteiger partial charge is 0.273 e. The predicted molar refractivity (Wildman–Crippen MR) is 96.1 cm³/mol.